The molecule has 1 N–H and O–H groups in total. The zero-order chi connectivity index (χ0) is 18.0. The zero-order valence-electron chi connectivity index (χ0n) is 13.8. The zero-order valence-corrected chi connectivity index (χ0v) is 13.8. The maximum absolute atomic E-state index is 12.7. The maximum Gasteiger partial charge on any atom is 0.308 e. The van der Waals surface area contributed by atoms with Gasteiger partial charge in [0, 0.05) is 25.0 Å². The van der Waals surface area contributed by atoms with E-state index in [0.717, 1.165) is 0 Å². The van der Waals surface area contributed by atoms with Crippen LogP contribution in [0.1, 0.15) is 17.3 Å². The average molecular weight is 336 g/mol. The SMILES string of the molecule is CC(=O)Oc1c(C(=O)Nc2ccccc2)c(=O)n(C)c2ccccc12. The number of amides is 1. The van der Waals surface area contributed by atoms with Gasteiger partial charge in [-0.3, -0.25) is 14.4 Å². The second-order valence-electron chi connectivity index (χ2n) is 5.50. The summed E-state index contributed by atoms with van der Waals surface area (Å²) in [4.78, 5) is 37.0. The van der Waals surface area contributed by atoms with E-state index in [1.165, 1.54) is 11.5 Å². The van der Waals surface area contributed by atoms with E-state index in [4.69, 9.17) is 4.74 Å². The molecular formula is C19H16N2O4. The van der Waals surface area contributed by atoms with Crippen LogP contribution in [0.5, 0.6) is 5.75 Å². The van der Waals surface area contributed by atoms with Gasteiger partial charge in [0.15, 0.2) is 5.75 Å². The number of nitrogens with zero attached hydrogens (tertiary/aromatic N) is 1. The van der Waals surface area contributed by atoms with Crippen LogP contribution in [0.3, 0.4) is 0 Å². The summed E-state index contributed by atoms with van der Waals surface area (Å²) in [6.07, 6.45) is 0. The minimum atomic E-state index is -0.631. The van der Waals surface area contributed by atoms with Gasteiger partial charge in [0.1, 0.15) is 5.56 Å². The summed E-state index contributed by atoms with van der Waals surface area (Å²) in [6, 6.07) is 15.7. The molecule has 6 heteroatoms. The van der Waals surface area contributed by atoms with Crippen LogP contribution in [0.15, 0.2) is 59.4 Å². The molecule has 6 nitrogen and oxygen atoms in total. The molecular weight excluding hydrogens is 320 g/mol. The second-order valence-corrected chi connectivity index (χ2v) is 5.50. The van der Waals surface area contributed by atoms with Gasteiger partial charge in [0.25, 0.3) is 11.5 Å². The molecule has 0 aliphatic rings. The van der Waals surface area contributed by atoms with E-state index in [1.54, 1.807) is 55.6 Å². The Morgan fingerprint density at radius 1 is 1.00 bits per heavy atom. The van der Waals surface area contributed by atoms with E-state index >= 15 is 0 Å². The summed E-state index contributed by atoms with van der Waals surface area (Å²) in [6.45, 7) is 1.23. The molecule has 0 saturated heterocycles. The van der Waals surface area contributed by atoms with Gasteiger partial charge in [-0.15, -0.1) is 0 Å². The molecule has 3 rings (SSSR count). The molecule has 2 aromatic carbocycles. The van der Waals surface area contributed by atoms with Crippen LogP contribution < -0.4 is 15.6 Å². The third-order valence-corrected chi connectivity index (χ3v) is 3.76. The molecule has 126 valence electrons. The van der Waals surface area contributed by atoms with Gasteiger partial charge < -0.3 is 14.6 Å². The number of esters is 1. The molecule has 3 aromatic rings. The fourth-order valence-corrected chi connectivity index (χ4v) is 2.63. The Labute approximate surface area is 143 Å². The first-order valence-electron chi connectivity index (χ1n) is 7.65. The van der Waals surface area contributed by atoms with Gasteiger partial charge in [-0.05, 0) is 24.3 Å². The Morgan fingerprint density at radius 3 is 2.32 bits per heavy atom. The van der Waals surface area contributed by atoms with Crippen molar-refractivity contribution in [3.8, 4) is 5.75 Å². The maximum atomic E-state index is 12.7. The number of pyridine rings is 1. The standard InChI is InChI=1S/C19H16N2O4/c1-12(22)25-17-14-10-6-7-11-15(14)21(2)19(24)16(17)18(23)20-13-8-4-3-5-9-13/h3-11H,1-2H3,(H,20,23). The van der Waals surface area contributed by atoms with Crippen molar-refractivity contribution in [2.45, 2.75) is 6.92 Å². The van der Waals surface area contributed by atoms with Crippen molar-refractivity contribution in [3.63, 3.8) is 0 Å². The number of ether oxygens (including phenoxy) is 1. The molecule has 25 heavy (non-hydrogen) atoms. The molecule has 0 saturated carbocycles. The lowest BCUT2D eigenvalue weighted by Crippen LogP contribution is -2.29. The van der Waals surface area contributed by atoms with Crippen LogP contribution in [-0.2, 0) is 11.8 Å². The molecule has 0 radical (unpaired) electrons. The first-order chi connectivity index (χ1) is 12.0. The minimum absolute atomic E-state index is 0.0281. The van der Waals surface area contributed by atoms with Crippen LogP contribution in [0.2, 0.25) is 0 Å². The summed E-state index contributed by atoms with van der Waals surface area (Å²) in [5.74, 6) is -1.26. The number of carbonyl (C=O) groups is 2. The van der Waals surface area contributed by atoms with E-state index < -0.39 is 17.4 Å². The van der Waals surface area contributed by atoms with Gasteiger partial charge in [-0.25, -0.2) is 0 Å². The number of carbonyl (C=O) groups excluding carboxylic acids is 2. The number of nitrogens with one attached hydrogen (secondary N) is 1. The number of rotatable bonds is 3. The summed E-state index contributed by atoms with van der Waals surface area (Å²) in [7, 11) is 1.57. The van der Waals surface area contributed by atoms with Crippen LogP contribution in [0, 0.1) is 0 Å². The molecule has 1 aromatic heterocycles. The molecule has 0 unspecified atom stereocenters. The lowest BCUT2D eigenvalue weighted by atomic mass is 10.1. The predicted octanol–water partition coefficient (Wildman–Crippen LogP) is 2.72. The van der Waals surface area contributed by atoms with Crippen LogP contribution >= 0.6 is 0 Å². The first-order valence-corrected chi connectivity index (χ1v) is 7.65. The summed E-state index contributed by atoms with van der Waals surface area (Å²) < 4.78 is 6.60. The predicted molar refractivity (Wildman–Crippen MR) is 94.9 cm³/mol. The van der Waals surface area contributed by atoms with E-state index in [0.29, 0.717) is 16.6 Å². The van der Waals surface area contributed by atoms with Crippen molar-refractivity contribution in [3.05, 3.63) is 70.5 Å². The highest BCUT2D eigenvalue weighted by atomic mass is 16.5. The minimum Gasteiger partial charge on any atom is -0.425 e. The Bertz CT molecular complexity index is 1020. The quantitative estimate of drug-likeness (QED) is 0.746. The Kier molecular flexibility index (Phi) is 4.35. The number of aryl methyl sites for hydroxylation is 1. The van der Waals surface area contributed by atoms with Crippen molar-refractivity contribution in [1.82, 2.24) is 4.57 Å². The van der Waals surface area contributed by atoms with Crippen LogP contribution in [-0.4, -0.2) is 16.4 Å². The van der Waals surface area contributed by atoms with Crippen molar-refractivity contribution in [2.24, 2.45) is 7.05 Å². The summed E-state index contributed by atoms with van der Waals surface area (Å²) in [5, 5.41) is 3.17. The third-order valence-electron chi connectivity index (χ3n) is 3.76. The molecule has 1 amide bonds. The number of hydrogen-bond donors (Lipinski definition) is 1. The van der Waals surface area contributed by atoms with Gasteiger partial charge in [0.2, 0.25) is 0 Å². The topological polar surface area (TPSA) is 77.4 Å². The largest absolute Gasteiger partial charge is 0.425 e. The molecule has 0 bridgehead atoms. The molecule has 0 fully saturated rings. The number of anilines is 1. The Balaban J connectivity index is 2.22. The number of para-hydroxylation sites is 2. The Hall–Kier alpha value is -3.41. The molecule has 0 aliphatic carbocycles. The number of hydrogen-bond acceptors (Lipinski definition) is 4. The first kappa shape index (κ1) is 16.4. The van der Waals surface area contributed by atoms with E-state index in [2.05, 4.69) is 5.32 Å². The van der Waals surface area contributed by atoms with Gasteiger partial charge in [-0.2, -0.15) is 0 Å². The van der Waals surface area contributed by atoms with Crippen LogP contribution in [0.25, 0.3) is 10.9 Å². The highest BCUT2D eigenvalue weighted by molar-refractivity contribution is 6.09. The van der Waals surface area contributed by atoms with Gasteiger partial charge in [-0.1, -0.05) is 30.3 Å². The van der Waals surface area contributed by atoms with Crippen molar-refractivity contribution >= 4 is 28.5 Å². The normalized spacial score (nSPS) is 10.5. The van der Waals surface area contributed by atoms with E-state index in [-0.39, 0.29) is 11.3 Å². The summed E-state index contributed by atoms with van der Waals surface area (Å²) in [5.41, 5.74) is 0.361. The monoisotopic (exact) mass is 336 g/mol. The number of aromatic nitrogens is 1. The number of benzene rings is 2. The highest BCUT2D eigenvalue weighted by Crippen LogP contribution is 2.28. The molecule has 0 atom stereocenters. The van der Waals surface area contributed by atoms with Gasteiger partial charge >= 0.3 is 5.97 Å². The molecule has 0 spiro atoms. The van der Waals surface area contributed by atoms with Crippen LogP contribution in [0.4, 0.5) is 5.69 Å². The highest BCUT2D eigenvalue weighted by Gasteiger charge is 2.23. The third kappa shape index (κ3) is 3.14. The van der Waals surface area contributed by atoms with Crippen molar-refractivity contribution in [2.75, 3.05) is 5.32 Å². The lowest BCUT2D eigenvalue weighted by Gasteiger charge is -2.14. The smallest absolute Gasteiger partial charge is 0.308 e. The van der Waals surface area contributed by atoms with Crippen molar-refractivity contribution in [1.29, 1.82) is 0 Å². The molecule has 0 aliphatic heterocycles. The number of fused-ring (bicyclic) bond motifs is 1. The second kappa shape index (κ2) is 6.60. The lowest BCUT2D eigenvalue weighted by molar-refractivity contribution is -0.131. The van der Waals surface area contributed by atoms with E-state index in [1.807, 2.05) is 6.07 Å². The molecule has 1 heterocycles. The fourth-order valence-electron chi connectivity index (χ4n) is 2.63. The summed E-state index contributed by atoms with van der Waals surface area (Å²) >= 11 is 0. The van der Waals surface area contributed by atoms with Gasteiger partial charge in [0.05, 0.1) is 5.52 Å². The fraction of sp³-hybridized carbons (Fsp3) is 0.105. The Morgan fingerprint density at radius 2 is 1.64 bits per heavy atom. The van der Waals surface area contributed by atoms with Crippen molar-refractivity contribution < 1.29 is 14.3 Å². The van der Waals surface area contributed by atoms with E-state index in [9.17, 15) is 14.4 Å². The average Bonchev–Trinajstić information content (AvgIpc) is 2.60.